The van der Waals surface area contributed by atoms with Crippen molar-refractivity contribution in [3.63, 3.8) is 0 Å². The van der Waals surface area contributed by atoms with Gasteiger partial charge in [0.15, 0.2) is 6.61 Å². The van der Waals surface area contributed by atoms with Crippen LogP contribution in [0.5, 0.6) is 5.75 Å². The molecular weight excluding hydrogens is 345 g/mol. The Hall–Kier alpha value is -1.47. The first kappa shape index (κ1) is 20.6. The largest absolute Gasteiger partial charge is 0.484 e. The fourth-order valence-electron chi connectivity index (χ4n) is 2.56. The summed E-state index contributed by atoms with van der Waals surface area (Å²) in [5, 5.41) is 5.98. The van der Waals surface area contributed by atoms with E-state index in [0.29, 0.717) is 18.0 Å². The Morgan fingerprint density at radius 3 is 2.67 bits per heavy atom. The Balaban J connectivity index is 0.00000288. The number of benzene rings is 1. The third-order valence-corrected chi connectivity index (χ3v) is 3.76. The second-order valence-electron chi connectivity index (χ2n) is 5.71. The van der Waals surface area contributed by atoms with E-state index in [1.165, 1.54) is 12.1 Å². The molecule has 1 heterocycles. The van der Waals surface area contributed by atoms with E-state index in [2.05, 4.69) is 15.4 Å². The predicted octanol–water partition coefficient (Wildman–Crippen LogP) is 3.77. The number of halogens is 4. The minimum Gasteiger partial charge on any atom is -0.484 e. The maximum atomic E-state index is 12.1. The highest BCUT2D eigenvalue weighted by Crippen LogP contribution is 2.22. The molecule has 2 N–H and O–H groups in total. The minimum atomic E-state index is -4.38. The number of hydrogen-bond acceptors (Lipinski definition) is 3. The van der Waals surface area contributed by atoms with Crippen molar-refractivity contribution in [1.29, 1.82) is 0 Å². The highest BCUT2D eigenvalue weighted by molar-refractivity contribution is 5.90. The van der Waals surface area contributed by atoms with E-state index >= 15 is 0 Å². The van der Waals surface area contributed by atoms with Crippen LogP contribution in [0.2, 0.25) is 0 Å². The van der Waals surface area contributed by atoms with Crippen LogP contribution < -0.4 is 15.4 Å². The Kier molecular flexibility index (Phi) is 8.35. The minimum absolute atomic E-state index is 0. The normalized spacial score (nSPS) is 15.5. The van der Waals surface area contributed by atoms with Crippen LogP contribution in [-0.2, 0) is 4.79 Å². The molecule has 0 bridgehead atoms. The predicted molar refractivity (Wildman–Crippen MR) is 88.7 cm³/mol. The molecule has 24 heavy (non-hydrogen) atoms. The molecule has 0 radical (unpaired) electrons. The van der Waals surface area contributed by atoms with Gasteiger partial charge in [-0.25, -0.2) is 0 Å². The fraction of sp³-hybridized carbons (Fsp3) is 0.562. The smallest absolute Gasteiger partial charge is 0.422 e. The Labute approximate surface area is 145 Å². The van der Waals surface area contributed by atoms with Crippen molar-refractivity contribution >= 4 is 24.0 Å². The summed E-state index contributed by atoms with van der Waals surface area (Å²) >= 11 is 0. The number of amides is 1. The molecule has 2 rings (SSSR count). The van der Waals surface area contributed by atoms with Crippen molar-refractivity contribution in [3.8, 4) is 5.75 Å². The molecule has 1 aliphatic rings. The molecule has 8 heteroatoms. The summed E-state index contributed by atoms with van der Waals surface area (Å²) in [6, 6.07) is 6.00. The molecule has 0 unspecified atom stereocenters. The summed E-state index contributed by atoms with van der Waals surface area (Å²) in [6.45, 7) is 0.635. The van der Waals surface area contributed by atoms with Gasteiger partial charge in [-0.2, -0.15) is 13.2 Å². The van der Waals surface area contributed by atoms with E-state index in [1.54, 1.807) is 12.1 Å². The number of alkyl halides is 3. The van der Waals surface area contributed by atoms with Gasteiger partial charge in [-0.1, -0.05) is 6.07 Å². The van der Waals surface area contributed by atoms with Crippen LogP contribution >= 0.6 is 12.4 Å². The molecule has 0 spiro atoms. The molecule has 1 aromatic rings. The quantitative estimate of drug-likeness (QED) is 0.805. The van der Waals surface area contributed by atoms with E-state index in [-0.39, 0.29) is 24.1 Å². The second-order valence-corrected chi connectivity index (χ2v) is 5.71. The molecule has 0 atom stereocenters. The summed E-state index contributed by atoms with van der Waals surface area (Å²) < 4.78 is 41.1. The second kappa shape index (κ2) is 9.74. The van der Waals surface area contributed by atoms with Crippen molar-refractivity contribution in [1.82, 2.24) is 5.32 Å². The van der Waals surface area contributed by atoms with Crippen LogP contribution in [-0.4, -0.2) is 31.8 Å². The van der Waals surface area contributed by atoms with E-state index in [9.17, 15) is 18.0 Å². The van der Waals surface area contributed by atoms with Crippen LogP contribution in [0.4, 0.5) is 18.9 Å². The number of nitrogens with one attached hydrogen (secondary N) is 2. The average molecular weight is 367 g/mol. The summed E-state index contributed by atoms with van der Waals surface area (Å²) in [5.74, 6) is 0.512. The molecule has 1 aliphatic heterocycles. The average Bonchev–Trinajstić information content (AvgIpc) is 2.52. The molecule has 0 aliphatic carbocycles. The highest BCUT2D eigenvalue weighted by atomic mass is 35.5. The lowest BCUT2D eigenvalue weighted by Gasteiger charge is -2.22. The van der Waals surface area contributed by atoms with Crippen molar-refractivity contribution < 1.29 is 22.7 Å². The number of anilines is 1. The van der Waals surface area contributed by atoms with Gasteiger partial charge in [0, 0.05) is 18.2 Å². The van der Waals surface area contributed by atoms with Crippen LogP contribution in [0.15, 0.2) is 24.3 Å². The van der Waals surface area contributed by atoms with Gasteiger partial charge < -0.3 is 15.4 Å². The zero-order valence-corrected chi connectivity index (χ0v) is 14.0. The number of ether oxygens (including phenoxy) is 1. The maximum absolute atomic E-state index is 12.1. The highest BCUT2D eigenvalue weighted by Gasteiger charge is 2.28. The summed E-state index contributed by atoms with van der Waals surface area (Å²) in [4.78, 5) is 11.9. The van der Waals surface area contributed by atoms with Crippen molar-refractivity contribution in [2.75, 3.05) is 25.0 Å². The van der Waals surface area contributed by atoms with Crippen molar-refractivity contribution in [2.24, 2.45) is 5.92 Å². The third kappa shape index (κ3) is 7.88. The monoisotopic (exact) mass is 366 g/mol. The standard InChI is InChI=1S/C16H21F3N2O2.ClH/c17-16(18,19)11-23-14-3-1-2-13(10-14)21-15(22)5-4-12-6-8-20-9-7-12;/h1-3,10,12,20H,4-9,11H2,(H,21,22);1H. The van der Waals surface area contributed by atoms with E-state index in [4.69, 9.17) is 0 Å². The topological polar surface area (TPSA) is 50.4 Å². The van der Waals surface area contributed by atoms with E-state index in [0.717, 1.165) is 32.4 Å². The Bertz CT molecular complexity index is 520. The maximum Gasteiger partial charge on any atom is 0.422 e. The molecule has 0 aromatic heterocycles. The van der Waals surface area contributed by atoms with Gasteiger partial charge in [-0.15, -0.1) is 12.4 Å². The molecular formula is C16H22ClF3N2O2. The molecule has 136 valence electrons. The van der Waals surface area contributed by atoms with Gasteiger partial charge in [0.25, 0.3) is 0 Å². The Morgan fingerprint density at radius 2 is 2.00 bits per heavy atom. The SMILES string of the molecule is Cl.O=C(CCC1CCNCC1)Nc1cccc(OCC(F)(F)F)c1. The van der Waals surface area contributed by atoms with Crippen molar-refractivity contribution in [3.05, 3.63) is 24.3 Å². The lowest BCUT2D eigenvalue weighted by Crippen LogP contribution is -2.28. The number of carbonyl (C=O) groups is 1. The van der Waals surface area contributed by atoms with Crippen LogP contribution in [0.1, 0.15) is 25.7 Å². The lowest BCUT2D eigenvalue weighted by molar-refractivity contribution is -0.153. The molecule has 1 fully saturated rings. The third-order valence-electron chi connectivity index (χ3n) is 3.76. The van der Waals surface area contributed by atoms with Crippen molar-refractivity contribution in [2.45, 2.75) is 31.9 Å². The zero-order chi connectivity index (χ0) is 16.7. The van der Waals surface area contributed by atoms with Crippen LogP contribution in [0, 0.1) is 5.92 Å². The molecule has 4 nitrogen and oxygen atoms in total. The number of hydrogen-bond donors (Lipinski definition) is 2. The van der Waals surface area contributed by atoms with Gasteiger partial charge in [-0.3, -0.25) is 4.79 Å². The van der Waals surface area contributed by atoms with Gasteiger partial charge in [0.05, 0.1) is 0 Å². The number of carbonyl (C=O) groups excluding carboxylic acids is 1. The molecule has 1 aromatic carbocycles. The number of piperidine rings is 1. The zero-order valence-electron chi connectivity index (χ0n) is 13.2. The number of rotatable bonds is 6. The van der Waals surface area contributed by atoms with Gasteiger partial charge in [0.1, 0.15) is 5.75 Å². The first-order valence-corrected chi connectivity index (χ1v) is 7.72. The van der Waals surface area contributed by atoms with E-state index in [1.807, 2.05) is 0 Å². The summed E-state index contributed by atoms with van der Waals surface area (Å²) in [6.07, 6.45) is -0.980. The van der Waals surface area contributed by atoms with Crippen LogP contribution in [0.3, 0.4) is 0 Å². The van der Waals surface area contributed by atoms with E-state index < -0.39 is 12.8 Å². The van der Waals surface area contributed by atoms with Gasteiger partial charge >= 0.3 is 6.18 Å². The van der Waals surface area contributed by atoms with Crippen LogP contribution in [0.25, 0.3) is 0 Å². The first-order valence-electron chi connectivity index (χ1n) is 7.72. The lowest BCUT2D eigenvalue weighted by atomic mass is 9.93. The van der Waals surface area contributed by atoms with Gasteiger partial charge in [-0.05, 0) is 50.4 Å². The summed E-state index contributed by atoms with van der Waals surface area (Å²) in [5.41, 5.74) is 0.444. The summed E-state index contributed by atoms with van der Waals surface area (Å²) in [7, 11) is 0. The Morgan fingerprint density at radius 1 is 1.29 bits per heavy atom. The van der Waals surface area contributed by atoms with Gasteiger partial charge in [0.2, 0.25) is 5.91 Å². The fourth-order valence-corrected chi connectivity index (χ4v) is 2.56. The first-order chi connectivity index (χ1) is 10.9. The molecule has 1 amide bonds. The molecule has 0 saturated carbocycles. The molecule has 1 saturated heterocycles.